The highest BCUT2D eigenvalue weighted by atomic mass is 35.5. The van der Waals surface area contributed by atoms with Crippen molar-refractivity contribution >= 4 is 22.7 Å². The van der Waals surface area contributed by atoms with Crippen molar-refractivity contribution in [2.45, 2.75) is 13.8 Å². The zero-order chi connectivity index (χ0) is 18.0. The average molecular weight is 357 g/mol. The van der Waals surface area contributed by atoms with Gasteiger partial charge in [-0.2, -0.15) is 4.98 Å². The highest BCUT2D eigenvalue weighted by molar-refractivity contribution is 6.50. The normalized spacial score (nSPS) is 11.6. The second-order valence-corrected chi connectivity index (χ2v) is 6.03. The lowest BCUT2D eigenvalue weighted by atomic mass is 10.1. The minimum atomic E-state index is 0.214. The highest BCUT2D eigenvalue weighted by Crippen LogP contribution is 2.30. The van der Waals surface area contributed by atoms with Crippen molar-refractivity contribution in [3.05, 3.63) is 59.0 Å². The first-order valence-electron chi connectivity index (χ1n) is 7.64. The van der Waals surface area contributed by atoms with E-state index < -0.39 is 0 Å². The molecular weight excluding hydrogens is 340 g/mol. The molecule has 3 rings (SSSR count). The molecule has 1 heterocycles. The van der Waals surface area contributed by atoms with Crippen LogP contribution in [0.25, 0.3) is 22.5 Å². The standard InChI is InChI=1S/C19H17ClN2O3/c1-11-8-13(9-12(2)17(11)23)10-15(20)19-21-18(22-25-19)14-6-4-5-7-16(14)24-3/h4-10,23H,1-3H3/b15-10-. The lowest BCUT2D eigenvalue weighted by molar-refractivity contribution is 0.406. The minimum absolute atomic E-state index is 0.214. The summed E-state index contributed by atoms with van der Waals surface area (Å²) in [6, 6.07) is 11.1. The van der Waals surface area contributed by atoms with Gasteiger partial charge in [0.25, 0.3) is 5.89 Å². The third-order valence-electron chi connectivity index (χ3n) is 3.78. The van der Waals surface area contributed by atoms with Gasteiger partial charge in [0, 0.05) is 0 Å². The van der Waals surface area contributed by atoms with Crippen LogP contribution in [0.1, 0.15) is 22.6 Å². The molecule has 25 heavy (non-hydrogen) atoms. The van der Waals surface area contributed by atoms with E-state index in [4.69, 9.17) is 20.9 Å². The summed E-state index contributed by atoms with van der Waals surface area (Å²) >= 11 is 6.33. The Bertz CT molecular complexity index is 924. The Morgan fingerprint density at radius 3 is 2.56 bits per heavy atom. The van der Waals surface area contributed by atoms with Gasteiger partial charge in [-0.05, 0) is 60.9 Å². The van der Waals surface area contributed by atoms with Crippen LogP contribution in [0.3, 0.4) is 0 Å². The second-order valence-electron chi connectivity index (χ2n) is 5.62. The molecule has 0 aliphatic heterocycles. The smallest absolute Gasteiger partial charge is 0.269 e. The van der Waals surface area contributed by atoms with E-state index in [0.717, 1.165) is 22.3 Å². The van der Waals surface area contributed by atoms with Crippen molar-refractivity contribution < 1.29 is 14.4 Å². The highest BCUT2D eigenvalue weighted by Gasteiger charge is 2.15. The van der Waals surface area contributed by atoms with Gasteiger partial charge in [-0.1, -0.05) is 28.9 Å². The summed E-state index contributed by atoms with van der Waals surface area (Å²) in [5.74, 6) is 1.55. The number of methoxy groups -OCH3 is 1. The monoisotopic (exact) mass is 356 g/mol. The molecule has 1 N–H and O–H groups in total. The zero-order valence-electron chi connectivity index (χ0n) is 14.1. The van der Waals surface area contributed by atoms with Crippen LogP contribution in [0.2, 0.25) is 0 Å². The van der Waals surface area contributed by atoms with Gasteiger partial charge in [0.05, 0.1) is 12.7 Å². The Kier molecular flexibility index (Phi) is 4.76. The fraction of sp³-hybridized carbons (Fsp3) is 0.158. The number of hydrogen-bond acceptors (Lipinski definition) is 5. The Morgan fingerprint density at radius 1 is 1.20 bits per heavy atom. The van der Waals surface area contributed by atoms with E-state index in [9.17, 15) is 5.11 Å². The molecule has 0 radical (unpaired) electrons. The maximum Gasteiger partial charge on any atom is 0.269 e. The van der Waals surface area contributed by atoms with Gasteiger partial charge in [0.2, 0.25) is 5.82 Å². The molecular formula is C19H17ClN2O3. The summed E-state index contributed by atoms with van der Waals surface area (Å²) in [4.78, 5) is 4.34. The fourth-order valence-corrected chi connectivity index (χ4v) is 2.74. The van der Waals surface area contributed by atoms with Gasteiger partial charge < -0.3 is 14.4 Å². The molecule has 0 atom stereocenters. The molecule has 128 valence electrons. The predicted octanol–water partition coefficient (Wildman–Crippen LogP) is 4.80. The van der Waals surface area contributed by atoms with Gasteiger partial charge in [-0.3, -0.25) is 0 Å². The van der Waals surface area contributed by atoms with Gasteiger partial charge in [-0.15, -0.1) is 0 Å². The van der Waals surface area contributed by atoms with Crippen molar-refractivity contribution in [2.75, 3.05) is 7.11 Å². The molecule has 0 saturated heterocycles. The largest absolute Gasteiger partial charge is 0.507 e. The third-order valence-corrected chi connectivity index (χ3v) is 4.06. The van der Waals surface area contributed by atoms with E-state index in [2.05, 4.69) is 10.1 Å². The Labute approximate surface area is 150 Å². The molecule has 0 bridgehead atoms. The van der Waals surface area contributed by atoms with Gasteiger partial charge in [-0.25, -0.2) is 0 Å². The van der Waals surface area contributed by atoms with Gasteiger partial charge in [0.1, 0.15) is 16.5 Å². The number of aromatic hydroxyl groups is 1. The zero-order valence-corrected chi connectivity index (χ0v) is 14.8. The molecule has 5 nitrogen and oxygen atoms in total. The summed E-state index contributed by atoms with van der Waals surface area (Å²) in [6.07, 6.45) is 1.72. The van der Waals surface area contributed by atoms with E-state index in [-0.39, 0.29) is 11.6 Å². The molecule has 0 aliphatic rings. The summed E-state index contributed by atoms with van der Waals surface area (Å²) in [5, 5.41) is 14.1. The van der Waals surface area contributed by atoms with Crippen LogP contribution in [0.4, 0.5) is 0 Å². The number of aryl methyl sites for hydroxylation is 2. The fourth-order valence-electron chi connectivity index (χ4n) is 2.54. The van der Waals surface area contributed by atoms with E-state index in [1.54, 1.807) is 13.2 Å². The predicted molar refractivity (Wildman–Crippen MR) is 97.6 cm³/mol. The summed E-state index contributed by atoms with van der Waals surface area (Å²) in [7, 11) is 1.59. The molecule has 3 aromatic rings. The van der Waals surface area contributed by atoms with Crippen LogP contribution >= 0.6 is 11.6 Å². The second kappa shape index (κ2) is 6.99. The lowest BCUT2D eigenvalue weighted by Gasteiger charge is -2.05. The molecule has 0 aliphatic carbocycles. The first kappa shape index (κ1) is 17.0. The quantitative estimate of drug-likeness (QED) is 0.726. The van der Waals surface area contributed by atoms with Crippen LogP contribution in [0.15, 0.2) is 40.9 Å². The Hall–Kier alpha value is -2.79. The maximum absolute atomic E-state index is 9.85. The summed E-state index contributed by atoms with van der Waals surface area (Å²) < 4.78 is 10.6. The number of benzene rings is 2. The number of phenols is 1. The number of rotatable bonds is 4. The van der Waals surface area contributed by atoms with Crippen LogP contribution in [0, 0.1) is 13.8 Å². The van der Waals surface area contributed by atoms with Crippen molar-refractivity contribution in [1.82, 2.24) is 10.1 Å². The molecule has 6 heteroatoms. The molecule has 1 aromatic heterocycles. The Balaban J connectivity index is 1.94. The number of hydrogen-bond donors (Lipinski definition) is 1. The van der Waals surface area contributed by atoms with Crippen LogP contribution in [-0.4, -0.2) is 22.4 Å². The van der Waals surface area contributed by atoms with Crippen LogP contribution < -0.4 is 4.74 Å². The van der Waals surface area contributed by atoms with E-state index in [1.807, 2.05) is 50.2 Å². The van der Waals surface area contributed by atoms with Crippen molar-refractivity contribution in [3.63, 3.8) is 0 Å². The molecule has 0 unspecified atom stereocenters. The topological polar surface area (TPSA) is 68.4 Å². The molecule has 0 amide bonds. The van der Waals surface area contributed by atoms with Crippen molar-refractivity contribution in [3.8, 4) is 22.9 Å². The first-order valence-corrected chi connectivity index (χ1v) is 8.02. The number of ether oxygens (including phenoxy) is 1. The number of aromatic nitrogens is 2. The van der Waals surface area contributed by atoms with Gasteiger partial charge >= 0.3 is 0 Å². The van der Waals surface area contributed by atoms with Crippen LogP contribution in [0.5, 0.6) is 11.5 Å². The van der Waals surface area contributed by atoms with Gasteiger partial charge in [0.15, 0.2) is 0 Å². The Morgan fingerprint density at radius 2 is 1.88 bits per heavy atom. The number of para-hydroxylation sites is 1. The number of halogens is 1. The van der Waals surface area contributed by atoms with Crippen molar-refractivity contribution in [1.29, 1.82) is 0 Å². The minimum Gasteiger partial charge on any atom is -0.507 e. The summed E-state index contributed by atoms with van der Waals surface area (Å²) in [6.45, 7) is 3.67. The van der Waals surface area contributed by atoms with E-state index in [1.165, 1.54) is 0 Å². The molecule has 0 spiro atoms. The van der Waals surface area contributed by atoms with E-state index >= 15 is 0 Å². The van der Waals surface area contributed by atoms with E-state index in [0.29, 0.717) is 16.6 Å². The lowest BCUT2D eigenvalue weighted by Crippen LogP contribution is -1.89. The number of nitrogens with zero attached hydrogens (tertiary/aromatic N) is 2. The SMILES string of the molecule is COc1ccccc1-c1noc(/C(Cl)=C/c2cc(C)c(O)c(C)c2)n1. The molecule has 0 saturated carbocycles. The number of phenolic OH excluding ortho intramolecular Hbond substituents is 1. The third kappa shape index (κ3) is 3.51. The average Bonchev–Trinajstić information content (AvgIpc) is 3.09. The first-order chi connectivity index (χ1) is 12.0. The van der Waals surface area contributed by atoms with Crippen molar-refractivity contribution in [2.24, 2.45) is 0 Å². The molecule has 0 fully saturated rings. The van der Waals surface area contributed by atoms with Crippen LogP contribution in [-0.2, 0) is 0 Å². The summed E-state index contributed by atoms with van der Waals surface area (Å²) in [5.41, 5.74) is 3.11. The maximum atomic E-state index is 9.85. The molecule has 2 aromatic carbocycles.